The lowest BCUT2D eigenvalue weighted by atomic mass is 9.67. The molecule has 146 valence electrons. The predicted octanol–water partition coefficient (Wildman–Crippen LogP) is 7.62. The third-order valence-electron chi connectivity index (χ3n) is 6.62. The summed E-state index contributed by atoms with van der Waals surface area (Å²) in [6.45, 7) is 2.33. The summed E-state index contributed by atoms with van der Waals surface area (Å²) in [5, 5.41) is 0. The van der Waals surface area contributed by atoms with Gasteiger partial charge >= 0.3 is 0 Å². The fourth-order valence-electron chi connectivity index (χ4n) is 4.88. The highest BCUT2D eigenvalue weighted by Crippen LogP contribution is 2.46. The highest BCUT2D eigenvalue weighted by Gasteiger charge is 2.38. The van der Waals surface area contributed by atoms with E-state index < -0.39 is 0 Å². The van der Waals surface area contributed by atoms with Crippen molar-refractivity contribution >= 4 is 37.9 Å². The monoisotopic (exact) mass is 424 g/mol. The van der Waals surface area contributed by atoms with Gasteiger partial charge in [0.05, 0.1) is 0 Å². The van der Waals surface area contributed by atoms with Gasteiger partial charge in [0, 0.05) is 26.0 Å². The van der Waals surface area contributed by atoms with Gasteiger partial charge < -0.3 is 0 Å². The van der Waals surface area contributed by atoms with E-state index in [9.17, 15) is 0 Å². The maximum absolute atomic E-state index is 4.82. The van der Waals surface area contributed by atoms with Crippen LogP contribution < -0.4 is 0 Å². The fourth-order valence-corrected chi connectivity index (χ4v) is 5.88. The van der Waals surface area contributed by atoms with Gasteiger partial charge in [-0.15, -0.1) is 37.9 Å². The van der Waals surface area contributed by atoms with Crippen molar-refractivity contribution in [2.24, 2.45) is 5.92 Å². The van der Waals surface area contributed by atoms with Crippen LogP contribution in [0.25, 0.3) is 0 Å². The van der Waals surface area contributed by atoms with Crippen LogP contribution in [0.3, 0.4) is 0 Å². The van der Waals surface area contributed by atoms with E-state index in [0.717, 1.165) is 20.6 Å². The molecule has 0 saturated heterocycles. The van der Waals surface area contributed by atoms with E-state index in [1.54, 1.807) is 0 Å². The Morgan fingerprint density at radius 1 is 0.893 bits per heavy atom. The van der Waals surface area contributed by atoms with Crippen LogP contribution >= 0.6 is 37.9 Å². The first kappa shape index (κ1) is 20.3. The molecule has 0 nitrogen and oxygen atoms in total. The third kappa shape index (κ3) is 3.86. The van der Waals surface area contributed by atoms with Gasteiger partial charge in [0.25, 0.3) is 0 Å². The van der Waals surface area contributed by atoms with Crippen molar-refractivity contribution in [2.45, 2.75) is 60.2 Å². The molecular weight excluding hydrogens is 396 g/mol. The van der Waals surface area contributed by atoms with Gasteiger partial charge in [-0.2, -0.15) is 0 Å². The van der Waals surface area contributed by atoms with Gasteiger partial charge in [0.1, 0.15) is 0 Å². The zero-order chi connectivity index (χ0) is 19.7. The lowest BCUT2D eigenvalue weighted by Gasteiger charge is -2.37. The summed E-state index contributed by atoms with van der Waals surface area (Å²) in [6, 6.07) is 15.7. The Morgan fingerprint density at radius 3 is 2.21 bits per heavy atom. The van der Waals surface area contributed by atoms with Crippen molar-refractivity contribution in [2.75, 3.05) is 0 Å². The van der Waals surface area contributed by atoms with Crippen molar-refractivity contribution in [1.82, 2.24) is 0 Å². The summed E-state index contributed by atoms with van der Waals surface area (Å²) < 4.78 is 0. The van der Waals surface area contributed by atoms with Crippen LogP contribution in [0.5, 0.6) is 0 Å². The maximum atomic E-state index is 4.82. The second-order valence-corrected chi connectivity index (χ2v) is 9.85. The summed E-state index contributed by atoms with van der Waals surface area (Å²) in [4.78, 5) is 2.96. The van der Waals surface area contributed by atoms with Crippen LogP contribution in [0.2, 0.25) is 0 Å². The smallest absolute Gasteiger partial charge is 0.0283 e. The Morgan fingerprint density at radius 2 is 1.61 bits per heavy atom. The van der Waals surface area contributed by atoms with E-state index in [1.807, 2.05) is 6.07 Å². The van der Waals surface area contributed by atoms with E-state index in [4.69, 9.17) is 12.6 Å². The predicted molar refractivity (Wildman–Crippen MR) is 129 cm³/mol. The zero-order valence-electron chi connectivity index (χ0n) is 16.3. The number of benzene rings is 2. The molecule has 0 N–H and O–H groups in total. The second-order valence-electron chi connectivity index (χ2n) is 8.34. The van der Waals surface area contributed by atoms with Crippen LogP contribution in [0.15, 0.2) is 75.4 Å². The molecule has 28 heavy (non-hydrogen) atoms. The van der Waals surface area contributed by atoms with Gasteiger partial charge in [0.2, 0.25) is 0 Å². The molecule has 0 radical (unpaired) electrons. The summed E-state index contributed by atoms with van der Waals surface area (Å²) in [6.07, 6.45) is 13.4. The van der Waals surface area contributed by atoms with E-state index >= 15 is 0 Å². The topological polar surface area (TPSA) is 0 Å². The standard InChI is InChI=1S/C25H28S3/c1-25(20-11-12-21(26)15-20,23-14-13-22(27)16-24(23)28)19-9-7-18(8-10-19)17-5-3-2-4-6-17/h7-17,20,26-28H,2-6H2,1H3. The van der Waals surface area contributed by atoms with Gasteiger partial charge in [-0.25, -0.2) is 0 Å². The summed E-state index contributed by atoms with van der Waals surface area (Å²) in [5.74, 6) is 0.977. The van der Waals surface area contributed by atoms with Gasteiger partial charge in [-0.3, -0.25) is 0 Å². The highest BCUT2D eigenvalue weighted by molar-refractivity contribution is 7.84. The number of thiol groups is 3. The van der Waals surface area contributed by atoms with E-state index in [-0.39, 0.29) is 11.3 Å². The quantitative estimate of drug-likeness (QED) is 0.413. The molecule has 2 aliphatic carbocycles. The minimum Gasteiger partial charge on any atom is -0.144 e. The second kappa shape index (κ2) is 8.38. The Kier molecular flexibility index (Phi) is 6.06. The molecule has 0 aliphatic heterocycles. The minimum atomic E-state index is -0.204. The third-order valence-corrected chi connectivity index (χ3v) is 7.57. The van der Waals surface area contributed by atoms with Crippen molar-refractivity contribution < 1.29 is 0 Å². The van der Waals surface area contributed by atoms with Crippen LogP contribution in [0, 0.1) is 5.92 Å². The lowest BCUT2D eigenvalue weighted by Crippen LogP contribution is -2.31. The van der Waals surface area contributed by atoms with Crippen molar-refractivity contribution in [3.63, 3.8) is 0 Å². The van der Waals surface area contributed by atoms with Crippen molar-refractivity contribution in [3.05, 3.63) is 82.3 Å². The van der Waals surface area contributed by atoms with Crippen LogP contribution in [0.4, 0.5) is 0 Å². The molecular formula is C25H28S3. The molecule has 3 heteroatoms. The van der Waals surface area contributed by atoms with E-state index in [0.29, 0.717) is 0 Å². The van der Waals surface area contributed by atoms with Crippen LogP contribution in [-0.4, -0.2) is 0 Å². The molecule has 2 atom stereocenters. The average Bonchev–Trinajstić information content (AvgIpc) is 3.15. The normalized spacial score (nSPS) is 22.1. The summed E-state index contributed by atoms with van der Waals surface area (Å²) in [5.41, 5.74) is 3.84. The first-order valence-corrected chi connectivity index (χ1v) is 11.5. The molecule has 0 bridgehead atoms. The molecule has 0 amide bonds. The van der Waals surface area contributed by atoms with Crippen LogP contribution in [0.1, 0.15) is 61.6 Å². The molecule has 2 aromatic rings. The summed E-state index contributed by atoms with van der Waals surface area (Å²) >= 11 is 13.9. The number of hydrogen-bond acceptors (Lipinski definition) is 3. The fraction of sp³-hybridized carbons (Fsp3) is 0.360. The van der Waals surface area contributed by atoms with Gasteiger partial charge in [-0.05, 0) is 47.6 Å². The largest absolute Gasteiger partial charge is 0.144 e. The first-order valence-electron chi connectivity index (χ1n) is 10.2. The summed E-state index contributed by atoms with van der Waals surface area (Å²) in [7, 11) is 0. The van der Waals surface area contributed by atoms with E-state index in [2.05, 4.69) is 86.8 Å². The molecule has 1 saturated carbocycles. The number of allylic oxidation sites excluding steroid dienone is 3. The molecule has 4 rings (SSSR count). The Labute approximate surface area is 185 Å². The molecule has 0 spiro atoms. The molecule has 2 aliphatic rings. The van der Waals surface area contributed by atoms with Crippen molar-refractivity contribution in [3.8, 4) is 0 Å². The van der Waals surface area contributed by atoms with E-state index in [1.165, 1.54) is 48.8 Å². The van der Waals surface area contributed by atoms with Gasteiger partial charge in [-0.1, -0.05) is 74.7 Å². The molecule has 0 heterocycles. The average molecular weight is 425 g/mol. The Bertz CT molecular complexity index is 904. The molecule has 2 aromatic carbocycles. The molecule has 2 unspecified atom stereocenters. The van der Waals surface area contributed by atoms with Crippen LogP contribution in [-0.2, 0) is 5.41 Å². The highest BCUT2D eigenvalue weighted by atomic mass is 32.1. The van der Waals surface area contributed by atoms with Crippen molar-refractivity contribution in [1.29, 1.82) is 0 Å². The molecule has 0 aromatic heterocycles. The first-order chi connectivity index (χ1) is 13.5. The zero-order valence-corrected chi connectivity index (χ0v) is 19.0. The Hall–Kier alpha value is -1.03. The molecule has 1 fully saturated rings. The SMILES string of the molecule is CC(c1ccc(C2CCCCC2)cc1)(c1ccc(S)cc1S)C1C=CC(S)=C1. The van der Waals surface area contributed by atoms with Gasteiger partial charge in [0.15, 0.2) is 0 Å². The number of rotatable bonds is 4. The lowest BCUT2D eigenvalue weighted by molar-refractivity contribution is 0.442. The minimum absolute atomic E-state index is 0.204. The number of hydrogen-bond donors (Lipinski definition) is 3. The maximum Gasteiger partial charge on any atom is 0.0283 e. The Balaban J connectivity index is 1.76.